The lowest BCUT2D eigenvalue weighted by Gasteiger charge is -2.08. The summed E-state index contributed by atoms with van der Waals surface area (Å²) in [4.78, 5) is 0. The van der Waals surface area contributed by atoms with Crippen LogP contribution in [0.1, 0.15) is 38.8 Å². The number of benzene rings is 1. The van der Waals surface area contributed by atoms with E-state index >= 15 is 0 Å². The lowest BCUT2D eigenvalue weighted by Crippen LogP contribution is -2.29. The quantitative estimate of drug-likeness (QED) is 0.754. The third kappa shape index (κ3) is 5.00. The average molecular weight is 215 g/mol. The van der Waals surface area contributed by atoms with Crippen LogP contribution in [0.5, 0.6) is 0 Å². The van der Waals surface area contributed by atoms with Crippen LogP contribution in [0.15, 0.2) is 24.3 Å². The molecule has 2 N–H and O–H groups in total. The van der Waals surface area contributed by atoms with E-state index in [1.54, 1.807) is 0 Å². The monoisotopic (exact) mass is 215 g/mol. The molecule has 0 spiro atoms. The summed E-state index contributed by atoms with van der Waals surface area (Å²) in [6, 6.07) is 8.39. The summed E-state index contributed by atoms with van der Waals surface area (Å²) in [7, 11) is 0. The Bertz CT molecular complexity index is 399. The maximum Gasteiger partial charge on any atom is 0.0722 e. The molecule has 0 bridgehead atoms. The highest BCUT2D eigenvalue weighted by Crippen LogP contribution is 2.10. The van der Waals surface area contributed by atoms with Gasteiger partial charge in [0.2, 0.25) is 0 Å². The van der Waals surface area contributed by atoms with Crippen LogP contribution in [0, 0.1) is 17.8 Å². The lowest BCUT2D eigenvalue weighted by molar-refractivity contribution is 0.647. The van der Waals surface area contributed by atoms with E-state index in [9.17, 15) is 0 Å². The van der Waals surface area contributed by atoms with Crippen LogP contribution in [0.4, 0.5) is 0 Å². The molecular weight excluding hydrogens is 194 g/mol. The largest absolute Gasteiger partial charge is 0.316 e. The maximum atomic E-state index is 5.83. The topological polar surface area (TPSA) is 26.0 Å². The van der Waals surface area contributed by atoms with Crippen LogP contribution in [0.25, 0.3) is 0 Å². The van der Waals surface area contributed by atoms with E-state index in [1.807, 2.05) is 19.9 Å². The first-order valence-electron chi connectivity index (χ1n) is 5.78. The Morgan fingerprint density at radius 1 is 1.31 bits per heavy atom. The third-order valence-electron chi connectivity index (χ3n) is 2.10. The summed E-state index contributed by atoms with van der Waals surface area (Å²) in [5.41, 5.74) is 7.80. The van der Waals surface area contributed by atoms with Crippen molar-refractivity contribution < 1.29 is 0 Å². The van der Waals surface area contributed by atoms with Crippen LogP contribution in [-0.4, -0.2) is 5.54 Å². The fraction of sp³-hybridized carbons (Fsp3) is 0.467. The van der Waals surface area contributed by atoms with Crippen LogP contribution in [0.3, 0.4) is 0 Å². The van der Waals surface area contributed by atoms with E-state index < -0.39 is 5.54 Å². The predicted molar refractivity (Wildman–Crippen MR) is 70.1 cm³/mol. The summed E-state index contributed by atoms with van der Waals surface area (Å²) in [6.07, 6.45) is 1.10. The van der Waals surface area contributed by atoms with Crippen molar-refractivity contribution in [2.24, 2.45) is 11.7 Å². The molecule has 1 aromatic rings. The zero-order valence-electron chi connectivity index (χ0n) is 10.7. The highest BCUT2D eigenvalue weighted by Gasteiger charge is 2.03. The molecule has 86 valence electrons. The van der Waals surface area contributed by atoms with Crippen molar-refractivity contribution in [3.8, 4) is 11.8 Å². The first-order valence-corrected chi connectivity index (χ1v) is 5.78. The van der Waals surface area contributed by atoms with Crippen molar-refractivity contribution in [1.29, 1.82) is 0 Å². The Hall–Kier alpha value is -1.26. The third-order valence-corrected chi connectivity index (χ3v) is 2.10. The van der Waals surface area contributed by atoms with Gasteiger partial charge in [0.25, 0.3) is 0 Å². The number of nitrogens with two attached hydrogens (primary N) is 1. The summed E-state index contributed by atoms with van der Waals surface area (Å²) < 4.78 is 0. The van der Waals surface area contributed by atoms with Gasteiger partial charge in [-0.3, -0.25) is 0 Å². The van der Waals surface area contributed by atoms with Crippen LogP contribution >= 0.6 is 0 Å². The summed E-state index contributed by atoms with van der Waals surface area (Å²) in [5, 5.41) is 0. The van der Waals surface area contributed by atoms with Crippen LogP contribution in [-0.2, 0) is 6.42 Å². The zero-order valence-corrected chi connectivity index (χ0v) is 10.7. The van der Waals surface area contributed by atoms with Gasteiger partial charge in [0.15, 0.2) is 0 Å². The molecule has 0 fully saturated rings. The zero-order chi connectivity index (χ0) is 12.2. The molecule has 1 rings (SSSR count). The maximum absolute atomic E-state index is 5.83. The SMILES string of the molecule is CC(C)Cc1cccc(C#CC(C)(C)N)c1. The van der Waals surface area contributed by atoms with E-state index in [1.165, 1.54) is 5.56 Å². The Morgan fingerprint density at radius 2 is 2.00 bits per heavy atom. The molecule has 0 aromatic heterocycles. The smallest absolute Gasteiger partial charge is 0.0722 e. The number of hydrogen-bond acceptors (Lipinski definition) is 1. The molecular formula is C15H21N. The Labute approximate surface area is 99.1 Å². The molecule has 1 aromatic carbocycles. The van der Waals surface area contributed by atoms with Gasteiger partial charge < -0.3 is 5.73 Å². The summed E-state index contributed by atoms with van der Waals surface area (Å²) in [6.45, 7) is 8.28. The molecule has 0 aliphatic carbocycles. The van der Waals surface area contributed by atoms with Crippen LogP contribution in [0.2, 0.25) is 0 Å². The van der Waals surface area contributed by atoms with Crippen molar-refractivity contribution in [2.75, 3.05) is 0 Å². The molecule has 0 radical (unpaired) electrons. The fourth-order valence-corrected chi connectivity index (χ4v) is 1.48. The molecule has 0 heterocycles. The molecule has 0 saturated heterocycles. The Kier molecular flexibility index (Phi) is 4.15. The van der Waals surface area contributed by atoms with E-state index in [0.717, 1.165) is 12.0 Å². The van der Waals surface area contributed by atoms with E-state index in [0.29, 0.717) is 5.92 Å². The molecule has 0 amide bonds. The van der Waals surface area contributed by atoms with Gasteiger partial charge in [0, 0.05) is 5.56 Å². The van der Waals surface area contributed by atoms with Crippen molar-refractivity contribution >= 4 is 0 Å². The second-order valence-electron chi connectivity index (χ2n) is 5.27. The second kappa shape index (κ2) is 5.18. The van der Waals surface area contributed by atoms with Crippen molar-refractivity contribution in [3.63, 3.8) is 0 Å². The van der Waals surface area contributed by atoms with Crippen LogP contribution < -0.4 is 5.73 Å². The first kappa shape index (κ1) is 12.8. The van der Waals surface area contributed by atoms with Crippen molar-refractivity contribution in [2.45, 2.75) is 39.7 Å². The molecule has 0 unspecified atom stereocenters. The molecule has 1 heteroatoms. The Balaban J connectivity index is 2.85. The van der Waals surface area contributed by atoms with Gasteiger partial charge in [-0.2, -0.15) is 0 Å². The molecule has 1 nitrogen and oxygen atoms in total. The van der Waals surface area contributed by atoms with Gasteiger partial charge in [-0.15, -0.1) is 0 Å². The van der Waals surface area contributed by atoms with E-state index in [2.05, 4.69) is 43.9 Å². The second-order valence-corrected chi connectivity index (χ2v) is 5.27. The van der Waals surface area contributed by atoms with Crippen molar-refractivity contribution in [3.05, 3.63) is 35.4 Å². The number of rotatable bonds is 2. The Morgan fingerprint density at radius 3 is 2.56 bits per heavy atom. The van der Waals surface area contributed by atoms with E-state index in [-0.39, 0.29) is 0 Å². The molecule has 0 aliphatic heterocycles. The first-order chi connectivity index (χ1) is 7.37. The molecule has 0 aliphatic rings. The standard InChI is InChI=1S/C15H21N/c1-12(2)10-14-7-5-6-13(11-14)8-9-15(3,4)16/h5-7,11-12H,10,16H2,1-4H3. The van der Waals surface area contributed by atoms with Crippen molar-refractivity contribution in [1.82, 2.24) is 0 Å². The van der Waals surface area contributed by atoms with Gasteiger partial charge in [0.05, 0.1) is 5.54 Å². The highest BCUT2D eigenvalue weighted by molar-refractivity contribution is 5.38. The minimum atomic E-state index is -0.423. The summed E-state index contributed by atoms with van der Waals surface area (Å²) in [5.74, 6) is 6.84. The fourth-order valence-electron chi connectivity index (χ4n) is 1.48. The molecule has 0 atom stereocenters. The van der Waals surface area contributed by atoms with Gasteiger partial charge in [-0.05, 0) is 43.9 Å². The molecule has 0 saturated carbocycles. The highest BCUT2D eigenvalue weighted by atomic mass is 14.7. The minimum Gasteiger partial charge on any atom is -0.316 e. The summed E-state index contributed by atoms with van der Waals surface area (Å²) >= 11 is 0. The van der Waals surface area contributed by atoms with Gasteiger partial charge in [-0.25, -0.2) is 0 Å². The average Bonchev–Trinajstić information content (AvgIpc) is 2.13. The van der Waals surface area contributed by atoms with E-state index in [4.69, 9.17) is 5.73 Å². The molecule has 16 heavy (non-hydrogen) atoms. The normalized spacial score (nSPS) is 11.1. The minimum absolute atomic E-state index is 0.423. The van der Waals surface area contributed by atoms with Gasteiger partial charge in [0.1, 0.15) is 0 Å². The lowest BCUT2D eigenvalue weighted by atomic mass is 10.0. The van der Waals surface area contributed by atoms with Gasteiger partial charge >= 0.3 is 0 Å². The van der Waals surface area contributed by atoms with Gasteiger partial charge in [-0.1, -0.05) is 37.8 Å². The number of hydrogen-bond donors (Lipinski definition) is 1. The predicted octanol–water partition coefficient (Wildman–Crippen LogP) is 2.97.